The maximum atomic E-state index is 2.64. The minimum Gasteiger partial charge on any atom is -0.0596 e. The molecule has 4 saturated carbocycles. The molecule has 4 rings (SSSR count). The van der Waals surface area contributed by atoms with Crippen molar-refractivity contribution in [3.8, 4) is 0 Å². The van der Waals surface area contributed by atoms with Gasteiger partial charge in [0.05, 0.1) is 0 Å². The second-order valence-electron chi connectivity index (χ2n) is 10.7. The van der Waals surface area contributed by atoms with Gasteiger partial charge in [0.15, 0.2) is 0 Å². The third kappa shape index (κ3) is 3.52. The van der Waals surface area contributed by atoms with Crippen LogP contribution in [0.5, 0.6) is 0 Å². The van der Waals surface area contributed by atoms with Gasteiger partial charge in [0, 0.05) is 0 Å². The molecule has 0 spiro atoms. The van der Waals surface area contributed by atoms with E-state index in [1.165, 1.54) is 70.6 Å². The van der Waals surface area contributed by atoms with Gasteiger partial charge < -0.3 is 0 Å². The fraction of sp³-hybridized carbons (Fsp3) is 0.957. The van der Waals surface area contributed by atoms with Crippen LogP contribution in [0, 0.1) is 34.5 Å². The second kappa shape index (κ2) is 6.38. The Hall–Kier alpha value is 0. The summed E-state index contributed by atoms with van der Waals surface area (Å²) in [5, 5.41) is 0. The molecule has 2 bridgehead atoms. The largest absolute Gasteiger partial charge is 0.0596 e. The molecule has 0 nitrogen and oxygen atoms in total. The zero-order chi connectivity index (χ0) is 15.9. The number of rotatable bonds is 5. The van der Waals surface area contributed by atoms with Crippen molar-refractivity contribution in [3.63, 3.8) is 0 Å². The van der Waals surface area contributed by atoms with Crippen molar-refractivity contribution in [3.05, 3.63) is 5.92 Å². The van der Waals surface area contributed by atoms with Crippen LogP contribution in [0.4, 0.5) is 0 Å². The van der Waals surface area contributed by atoms with Crippen molar-refractivity contribution >= 4 is 0 Å². The van der Waals surface area contributed by atoms with Crippen molar-refractivity contribution in [2.75, 3.05) is 0 Å². The molecule has 0 aromatic rings. The molecule has 0 saturated heterocycles. The fourth-order valence-electron chi connectivity index (χ4n) is 7.15. The van der Waals surface area contributed by atoms with Gasteiger partial charge in [0.25, 0.3) is 0 Å². The highest BCUT2D eigenvalue weighted by Crippen LogP contribution is 2.58. The molecule has 0 aliphatic heterocycles. The van der Waals surface area contributed by atoms with E-state index in [-0.39, 0.29) is 0 Å². The molecule has 3 unspecified atom stereocenters. The first-order valence-electron chi connectivity index (χ1n) is 10.9. The fourth-order valence-corrected chi connectivity index (χ4v) is 7.15. The van der Waals surface area contributed by atoms with Crippen LogP contribution in [0.1, 0.15) is 110 Å². The summed E-state index contributed by atoms with van der Waals surface area (Å²) in [4.78, 5) is 0. The van der Waals surface area contributed by atoms with E-state index in [2.05, 4.69) is 19.8 Å². The molecule has 4 aliphatic rings. The van der Waals surface area contributed by atoms with Gasteiger partial charge in [-0.3, -0.25) is 0 Å². The van der Waals surface area contributed by atoms with E-state index < -0.39 is 0 Å². The summed E-state index contributed by atoms with van der Waals surface area (Å²) in [6, 6.07) is 0. The highest BCUT2D eigenvalue weighted by atomic mass is 14.5. The van der Waals surface area contributed by atoms with Crippen molar-refractivity contribution < 1.29 is 0 Å². The van der Waals surface area contributed by atoms with Crippen molar-refractivity contribution in [1.29, 1.82) is 0 Å². The number of hydrogen-bond donors (Lipinski definition) is 0. The molecule has 0 amide bonds. The molecule has 0 heteroatoms. The van der Waals surface area contributed by atoms with Gasteiger partial charge in [-0.1, -0.05) is 52.4 Å². The number of hydrogen-bond acceptors (Lipinski definition) is 0. The maximum absolute atomic E-state index is 2.64. The van der Waals surface area contributed by atoms with Gasteiger partial charge in [-0.15, -0.1) is 0 Å². The highest BCUT2D eigenvalue weighted by molar-refractivity contribution is 5.11. The first-order valence-corrected chi connectivity index (χ1v) is 10.9. The standard InChI is InChI=1S/C23H39/c1-22(10-4-3-5-11-22)16-20(17-23(2)12-6-7-13-23)21-15-18-8-9-19(21)14-18/h18-19,21H,3-17H2,1-2H3. The van der Waals surface area contributed by atoms with Gasteiger partial charge >= 0.3 is 0 Å². The normalized spacial score (nSPS) is 38.5. The summed E-state index contributed by atoms with van der Waals surface area (Å²) in [6.07, 6.45) is 22.8. The van der Waals surface area contributed by atoms with E-state index in [1.54, 1.807) is 25.7 Å². The van der Waals surface area contributed by atoms with E-state index in [0.717, 1.165) is 17.8 Å². The van der Waals surface area contributed by atoms with Gasteiger partial charge in [-0.2, -0.15) is 0 Å². The highest BCUT2D eigenvalue weighted by Gasteiger charge is 2.47. The average Bonchev–Trinajstić information content (AvgIpc) is 3.24. The van der Waals surface area contributed by atoms with Crippen LogP contribution < -0.4 is 0 Å². The third-order valence-corrected chi connectivity index (χ3v) is 8.44. The van der Waals surface area contributed by atoms with Crippen molar-refractivity contribution in [2.45, 2.75) is 110 Å². The van der Waals surface area contributed by atoms with Crippen LogP contribution in [0.15, 0.2) is 0 Å². The molecule has 0 aromatic heterocycles. The Morgan fingerprint density at radius 1 is 0.739 bits per heavy atom. The minimum absolute atomic E-state index is 0.657. The molecule has 131 valence electrons. The summed E-state index contributed by atoms with van der Waals surface area (Å²) in [5.41, 5.74) is 1.33. The zero-order valence-corrected chi connectivity index (χ0v) is 15.8. The molecule has 0 heterocycles. The summed E-state index contributed by atoms with van der Waals surface area (Å²) in [7, 11) is 0. The molecular formula is C23H39. The molecule has 0 aromatic carbocycles. The Kier molecular flexibility index (Phi) is 4.57. The predicted molar refractivity (Wildman–Crippen MR) is 99.2 cm³/mol. The van der Waals surface area contributed by atoms with E-state index in [4.69, 9.17) is 0 Å². The van der Waals surface area contributed by atoms with Crippen LogP contribution in [-0.2, 0) is 0 Å². The van der Waals surface area contributed by atoms with Gasteiger partial charge in [-0.05, 0) is 92.3 Å². The molecule has 0 N–H and O–H groups in total. The molecular weight excluding hydrogens is 276 g/mol. The zero-order valence-electron chi connectivity index (χ0n) is 15.8. The Balaban J connectivity index is 1.48. The topological polar surface area (TPSA) is 0 Å². The Morgan fingerprint density at radius 2 is 1.30 bits per heavy atom. The van der Waals surface area contributed by atoms with Gasteiger partial charge in [-0.25, -0.2) is 0 Å². The van der Waals surface area contributed by atoms with Crippen LogP contribution >= 0.6 is 0 Å². The predicted octanol–water partition coefficient (Wildman–Crippen LogP) is 7.33. The van der Waals surface area contributed by atoms with Crippen LogP contribution in [-0.4, -0.2) is 0 Å². The van der Waals surface area contributed by atoms with E-state index in [0.29, 0.717) is 10.8 Å². The summed E-state index contributed by atoms with van der Waals surface area (Å²) >= 11 is 0. The van der Waals surface area contributed by atoms with Crippen LogP contribution in [0.2, 0.25) is 0 Å². The van der Waals surface area contributed by atoms with E-state index >= 15 is 0 Å². The maximum Gasteiger partial charge on any atom is -0.0196 e. The quantitative estimate of drug-likeness (QED) is 0.498. The Morgan fingerprint density at radius 3 is 1.78 bits per heavy atom. The van der Waals surface area contributed by atoms with Crippen LogP contribution in [0.25, 0.3) is 0 Å². The average molecular weight is 316 g/mol. The lowest BCUT2D eigenvalue weighted by Crippen LogP contribution is -2.31. The molecule has 4 fully saturated rings. The monoisotopic (exact) mass is 315 g/mol. The van der Waals surface area contributed by atoms with E-state index in [1.807, 2.05) is 0 Å². The third-order valence-electron chi connectivity index (χ3n) is 8.44. The SMILES string of the molecule is CC1(C[C](CC2(C)CCCC2)C2CC3CCC2C3)CCCCC1. The molecule has 4 aliphatic carbocycles. The smallest absolute Gasteiger partial charge is 0.0196 e. The van der Waals surface area contributed by atoms with Gasteiger partial charge in [0.1, 0.15) is 0 Å². The van der Waals surface area contributed by atoms with Crippen LogP contribution in [0.3, 0.4) is 0 Å². The van der Waals surface area contributed by atoms with Gasteiger partial charge in [0.2, 0.25) is 0 Å². The lowest BCUT2D eigenvalue weighted by atomic mass is 9.62. The summed E-state index contributed by atoms with van der Waals surface area (Å²) in [5.74, 6) is 5.29. The van der Waals surface area contributed by atoms with Crippen molar-refractivity contribution in [2.24, 2.45) is 28.6 Å². The first-order chi connectivity index (χ1) is 11.1. The number of fused-ring (bicyclic) bond motifs is 2. The summed E-state index contributed by atoms with van der Waals surface area (Å²) < 4.78 is 0. The first kappa shape index (κ1) is 16.5. The molecule has 23 heavy (non-hydrogen) atoms. The summed E-state index contributed by atoms with van der Waals surface area (Å²) in [6.45, 7) is 5.26. The molecule has 1 radical (unpaired) electrons. The minimum atomic E-state index is 0.657. The Bertz CT molecular complexity index is 396. The lowest BCUT2D eigenvalue weighted by Gasteiger charge is -2.43. The Labute approximate surface area is 145 Å². The lowest BCUT2D eigenvalue weighted by molar-refractivity contribution is 0.162. The van der Waals surface area contributed by atoms with E-state index in [9.17, 15) is 0 Å². The molecule has 3 atom stereocenters. The second-order valence-corrected chi connectivity index (χ2v) is 10.7. The van der Waals surface area contributed by atoms with Crippen molar-refractivity contribution in [1.82, 2.24) is 0 Å².